The van der Waals surface area contributed by atoms with E-state index in [1.165, 1.54) is 28.7 Å². The Hall–Kier alpha value is -3.10. The lowest BCUT2D eigenvalue weighted by Crippen LogP contribution is -2.16. The molecule has 0 spiro atoms. The Balaban J connectivity index is 1.73. The fourth-order valence-corrected chi connectivity index (χ4v) is 3.55. The Morgan fingerprint density at radius 1 is 1.25 bits per heavy atom. The lowest BCUT2D eigenvalue weighted by atomic mass is 10.2. The van der Waals surface area contributed by atoms with E-state index in [4.69, 9.17) is 0 Å². The molecule has 9 heteroatoms. The molecule has 1 N–H and O–H groups in total. The number of carbonyl (C=O) groups is 1. The molecular weight excluding hydrogens is 371 g/mol. The molecule has 0 saturated carbocycles. The van der Waals surface area contributed by atoms with Gasteiger partial charge in [0, 0.05) is 24.5 Å². The second-order valence-corrected chi connectivity index (χ2v) is 6.85. The molecule has 4 rings (SSSR count). The van der Waals surface area contributed by atoms with Gasteiger partial charge in [0.25, 0.3) is 12.3 Å². The van der Waals surface area contributed by atoms with Crippen LogP contribution in [0.15, 0.2) is 24.4 Å². The maximum absolute atomic E-state index is 14.4. The summed E-state index contributed by atoms with van der Waals surface area (Å²) in [6, 6.07) is 4.68. The minimum absolute atomic E-state index is 0.0643. The number of fused-ring (bicyclic) bond motifs is 1. The molecule has 0 aliphatic heterocycles. The topological polar surface area (TPSA) is 64.7 Å². The van der Waals surface area contributed by atoms with E-state index in [1.54, 1.807) is 12.1 Å². The summed E-state index contributed by atoms with van der Waals surface area (Å²) in [6.45, 7) is 1.84. The predicted octanol–water partition coefficient (Wildman–Crippen LogP) is 3.73. The van der Waals surface area contributed by atoms with Crippen LogP contribution in [0.5, 0.6) is 0 Å². The Bertz CT molecular complexity index is 1070. The molecule has 0 atom stereocenters. The summed E-state index contributed by atoms with van der Waals surface area (Å²) in [7, 11) is 1.49. The number of rotatable bonds is 4. The lowest BCUT2D eigenvalue weighted by molar-refractivity contribution is 0.102. The van der Waals surface area contributed by atoms with Crippen LogP contribution in [0.25, 0.3) is 5.69 Å². The van der Waals surface area contributed by atoms with Crippen LogP contribution < -0.4 is 5.32 Å². The zero-order chi connectivity index (χ0) is 20.0. The van der Waals surface area contributed by atoms with Gasteiger partial charge in [0.2, 0.25) is 0 Å². The van der Waals surface area contributed by atoms with E-state index in [1.807, 2.05) is 6.92 Å². The SMILES string of the molecule is Cc1ccc(F)c(-n2nc(C(=O)Nc3cn(C)nc3C(F)F)c3c2CCC3)c1. The first-order chi connectivity index (χ1) is 13.3. The van der Waals surface area contributed by atoms with Crippen LogP contribution in [0.1, 0.15) is 45.8 Å². The van der Waals surface area contributed by atoms with Crippen LogP contribution in [0, 0.1) is 12.7 Å². The van der Waals surface area contributed by atoms with Gasteiger partial charge in [-0.15, -0.1) is 0 Å². The number of amides is 1. The molecule has 0 fully saturated rings. The van der Waals surface area contributed by atoms with Crippen molar-refractivity contribution in [3.8, 4) is 5.69 Å². The number of hydrogen-bond acceptors (Lipinski definition) is 3. The van der Waals surface area contributed by atoms with Crippen LogP contribution in [0.4, 0.5) is 18.9 Å². The highest BCUT2D eigenvalue weighted by Crippen LogP contribution is 2.30. The Kier molecular flexibility index (Phi) is 4.44. The van der Waals surface area contributed by atoms with Crippen molar-refractivity contribution >= 4 is 11.6 Å². The third-order valence-corrected chi connectivity index (χ3v) is 4.79. The first-order valence-corrected chi connectivity index (χ1v) is 8.85. The smallest absolute Gasteiger partial charge is 0.284 e. The molecule has 1 aromatic carbocycles. The van der Waals surface area contributed by atoms with Gasteiger partial charge in [-0.25, -0.2) is 17.9 Å². The Labute approximate surface area is 159 Å². The van der Waals surface area contributed by atoms with Gasteiger partial charge in [-0.3, -0.25) is 9.48 Å². The molecule has 2 heterocycles. The monoisotopic (exact) mass is 389 g/mol. The largest absolute Gasteiger partial charge is 0.317 e. The van der Waals surface area contributed by atoms with Gasteiger partial charge < -0.3 is 5.32 Å². The van der Waals surface area contributed by atoms with Crippen molar-refractivity contribution < 1.29 is 18.0 Å². The van der Waals surface area contributed by atoms with Crippen LogP contribution in [0.3, 0.4) is 0 Å². The van der Waals surface area contributed by atoms with Crippen molar-refractivity contribution in [3.05, 3.63) is 58.4 Å². The summed E-state index contributed by atoms with van der Waals surface area (Å²) in [5, 5.41) is 10.5. The standard InChI is InChI=1S/C19H18F3N5O/c1-10-6-7-12(20)15(8-10)27-14-5-3-4-11(14)16(25-27)19(28)23-13-9-26(2)24-17(13)18(21)22/h6-9,18H,3-5H2,1-2H3,(H,23,28). The zero-order valence-corrected chi connectivity index (χ0v) is 15.3. The molecule has 1 amide bonds. The molecule has 6 nitrogen and oxygen atoms in total. The number of alkyl halides is 2. The highest BCUT2D eigenvalue weighted by molar-refractivity contribution is 6.04. The van der Waals surface area contributed by atoms with Gasteiger partial charge in [0.15, 0.2) is 11.4 Å². The van der Waals surface area contributed by atoms with Crippen molar-refractivity contribution in [1.29, 1.82) is 0 Å². The van der Waals surface area contributed by atoms with E-state index in [-0.39, 0.29) is 17.1 Å². The van der Waals surface area contributed by atoms with Crippen LogP contribution in [-0.2, 0) is 19.9 Å². The molecule has 0 saturated heterocycles. The lowest BCUT2D eigenvalue weighted by Gasteiger charge is -2.08. The van der Waals surface area contributed by atoms with Gasteiger partial charge in [0.1, 0.15) is 11.5 Å². The third kappa shape index (κ3) is 3.06. The van der Waals surface area contributed by atoms with Crippen molar-refractivity contribution in [3.63, 3.8) is 0 Å². The van der Waals surface area contributed by atoms with Gasteiger partial charge in [0.05, 0.1) is 5.69 Å². The summed E-state index contributed by atoms with van der Waals surface area (Å²) in [4.78, 5) is 12.8. The molecule has 1 aliphatic carbocycles. The molecule has 0 bridgehead atoms. The van der Waals surface area contributed by atoms with E-state index >= 15 is 0 Å². The summed E-state index contributed by atoms with van der Waals surface area (Å²) in [5.41, 5.74) is 2.18. The van der Waals surface area contributed by atoms with E-state index in [0.29, 0.717) is 12.8 Å². The van der Waals surface area contributed by atoms with Crippen molar-refractivity contribution in [2.24, 2.45) is 7.05 Å². The summed E-state index contributed by atoms with van der Waals surface area (Å²) in [5.74, 6) is -1.05. The maximum atomic E-state index is 14.4. The van der Waals surface area contributed by atoms with Crippen molar-refractivity contribution in [1.82, 2.24) is 19.6 Å². The first-order valence-electron chi connectivity index (χ1n) is 8.85. The van der Waals surface area contributed by atoms with Gasteiger partial charge >= 0.3 is 0 Å². The van der Waals surface area contributed by atoms with E-state index in [0.717, 1.165) is 23.2 Å². The minimum atomic E-state index is -2.82. The highest BCUT2D eigenvalue weighted by Gasteiger charge is 2.29. The van der Waals surface area contributed by atoms with Crippen LogP contribution >= 0.6 is 0 Å². The summed E-state index contributed by atoms with van der Waals surface area (Å²) < 4.78 is 43.3. The van der Waals surface area contributed by atoms with Gasteiger partial charge in [-0.2, -0.15) is 10.2 Å². The third-order valence-electron chi connectivity index (χ3n) is 4.79. The number of aromatic nitrogens is 4. The van der Waals surface area contributed by atoms with Crippen molar-refractivity contribution in [2.45, 2.75) is 32.6 Å². The molecule has 146 valence electrons. The number of nitrogens with zero attached hydrogens (tertiary/aromatic N) is 4. The van der Waals surface area contributed by atoms with E-state index in [2.05, 4.69) is 15.5 Å². The van der Waals surface area contributed by atoms with E-state index < -0.39 is 23.8 Å². The molecule has 0 unspecified atom stereocenters. The number of carbonyl (C=O) groups excluding carboxylic acids is 1. The average Bonchev–Trinajstić information content (AvgIpc) is 3.32. The van der Waals surface area contributed by atoms with Crippen LogP contribution in [-0.4, -0.2) is 25.5 Å². The fraction of sp³-hybridized carbons (Fsp3) is 0.316. The quantitative estimate of drug-likeness (QED) is 0.740. The zero-order valence-electron chi connectivity index (χ0n) is 15.3. The van der Waals surface area contributed by atoms with Crippen LogP contribution in [0.2, 0.25) is 0 Å². The molecule has 2 aromatic heterocycles. The average molecular weight is 389 g/mol. The number of anilines is 1. The van der Waals surface area contributed by atoms with Gasteiger partial charge in [-0.1, -0.05) is 6.07 Å². The van der Waals surface area contributed by atoms with E-state index in [9.17, 15) is 18.0 Å². The number of aryl methyl sites for hydroxylation is 2. The molecule has 28 heavy (non-hydrogen) atoms. The number of benzene rings is 1. The minimum Gasteiger partial charge on any atom is -0.317 e. The number of halogens is 3. The van der Waals surface area contributed by atoms with Gasteiger partial charge in [-0.05, 0) is 43.9 Å². The Morgan fingerprint density at radius 2 is 2.04 bits per heavy atom. The molecule has 0 radical (unpaired) electrons. The second kappa shape index (κ2) is 6.81. The highest BCUT2D eigenvalue weighted by atomic mass is 19.3. The second-order valence-electron chi connectivity index (χ2n) is 6.85. The normalized spacial score (nSPS) is 13.2. The Morgan fingerprint density at radius 3 is 2.79 bits per heavy atom. The summed E-state index contributed by atoms with van der Waals surface area (Å²) >= 11 is 0. The molecular formula is C19H18F3N5O. The number of hydrogen-bond donors (Lipinski definition) is 1. The molecule has 1 aliphatic rings. The number of nitrogens with one attached hydrogen (secondary N) is 1. The fourth-order valence-electron chi connectivity index (χ4n) is 3.55. The van der Waals surface area contributed by atoms with Crippen molar-refractivity contribution in [2.75, 3.05) is 5.32 Å². The molecule has 3 aromatic rings. The first kappa shape index (κ1) is 18.3. The summed E-state index contributed by atoms with van der Waals surface area (Å²) in [6.07, 6.45) is 0.604. The predicted molar refractivity (Wildman–Crippen MR) is 96.4 cm³/mol. The maximum Gasteiger partial charge on any atom is 0.284 e.